The lowest BCUT2D eigenvalue weighted by atomic mass is 9.69. The summed E-state index contributed by atoms with van der Waals surface area (Å²) in [6, 6.07) is 4.50. The van der Waals surface area contributed by atoms with Crippen molar-refractivity contribution >= 4 is 29.5 Å². The molecule has 1 N–H and O–H groups in total. The van der Waals surface area contributed by atoms with E-state index in [0.717, 1.165) is 49.7 Å². The van der Waals surface area contributed by atoms with Gasteiger partial charge in [-0.15, -0.1) is 0 Å². The smallest absolute Gasteiger partial charge is 0.342 e. The number of hydrogen-bond acceptors (Lipinski definition) is 7. The predicted molar refractivity (Wildman–Crippen MR) is 153 cm³/mol. The second-order valence-corrected chi connectivity index (χ2v) is 10.8. The predicted octanol–water partition coefficient (Wildman–Crippen LogP) is 6.41. The van der Waals surface area contributed by atoms with E-state index in [0.29, 0.717) is 24.4 Å². The molecule has 1 amide bonds. The molecule has 0 heterocycles. The van der Waals surface area contributed by atoms with Gasteiger partial charge in [0.2, 0.25) is 5.91 Å². The maximum Gasteiger partial charge on any atom is 0.342 e. The summed E-state index contributed by atoms with van der Waals surface area (Å²) in [5, 5.41) is 2.61. The molecule has 8 nitrogen and oxygen atoms in total. The van der Waals surface area contributed by atoms with Crippen molar-refractivity contribution in [2.45, 2.75) is 77.6 Å². The molecule has 0 aromatic heterocycles. The van der Waals surface area contributed by atoms with Gasteiger partial charge >= 0.3 is 17.9 Å². The molecule has 0 unspecified atom stereocenters. The van der Waals surface area contributed by atoms with Crippen LogP contribution in [-0.4, -0.2) is 37.0 Å². The summed E-state index contributed by atoms with van der Waals surface area (Å²) in [5.41, 5.74) is 0.404. The number of carbonyl (C=O) groups is 4. The fourth-order valence-electron chi connectivity index (χ4n) is 5.81. The third-order valence-electron chi connectivity index (χ3n) is 8.29. The van der Waals surface area contributed by atoms with Gasteiger partial charge in [0.15, 0.2) is 0 Å². The van der Waals surface area contributed by atoms with Crippen LogP contribution in [0.25, 0.3) is 0 Å². The molecule has 0 atom stereocenters. The minimum Gasteiger partial charge on any atom is -0.463 e. The molecule has 3 rings (SSSR count). The summed E-state index contributed by atoms with van der Waals surface area (Å²) >= 11 is 0. The first kappa shape index (κ1) is 31.1. The number of amides is 1. The van der Waals surface area contributed by atoms with Crippen LogP contribution in [0.4, 0.5) is 5.69 Å². The Balaban J connectivity index is 1.57. The fourth-order valence-corrected chi connectivity index (χ4v) is 5.81. The molecule has 2 fully saturated rings. The molecule has 0 saturated heterocycles. The monoisotopic (exact) mass is 553 g/mol. The number of nitrogens with one attached hydrogen (secondary N) is 1. The lowest BCUT2D eigenvalue weighted by Crippen LogP contribution is -2.30. The normalized spacial score (nSPS) is 22.4. The molecule has 8 heteroatoms. The van der Waals surface area contributed by atoms with Crippen molar-refractivity contribution in [3.05, 3.63) is 49.1 Å². The highest BCUT2D eigenvalue weighted by Crippen LogP contribution is 2.42. The van der Waals surface area contributed by atoms with Crippen molar-refractivity contribution < 1.29 is 33.4 Å². The lowest BCUT2D eigenvalue weighted by Gasteiger charge is -2.37. The quantitative estimate of drug-likeness (QED) is 0.130. The zero-order valence-electron chi connectivity index (χ0n) is 23.7. The fraction of sp³-hybridized carbons (Fsp3) is 0.562. The summed E-state index contributed by atoms with van der Waals surface area (Å²) in [6.45, 7) is 9.34. The third kappa shape index (κ3) is 9.35. The van der Waals surface area contributed by atoms with Crippen LogP contribution in [0, 0.1) is 23.7 Å². The maximum atomic E-state index is 13.1. The number of esters is 3. The van der Waals surface area contributed by atoms with Gasteiger partial charge in [-0.3, -0.25) is 9.59 Å². The van der Waals surface area contributed by atoms with E-state index in [1.165, 1.54) is 44.2 Å². The Labute approximate surface area is 237 Å². The number of hydrogen-bond donors (Lipinski definition) is 1. The average Bonchev–Trinajstić information content (AvgIpc) is 2.99. The molecule has 0 aliphatic heterocycles. The topological polar surface area (TPSA) is 108 Å². The van der Waals surface area contributed by atoms with Crippen LogP contribution in [0.1, 0.15) is 87.9 Å². The van der Waals surface area contributed by atoms with Gasteiger partial charge in [-0.05, 0) is 93.4 Å². The van der Waals surface area contributed by atoms with E-state index in [4.69, 9.17) is 14.2 Å². The van der Waals surface area contributed by atoms with Gasteiger partial charge < -0.3 is 19.5 Å². The molecule has 2 aliphatic carbocycles. The van der Waals surface area contributed by atoms with Gasteiger partial charge in [-0.25, -0.2) is 9.59 Å². The number of unbranched alkanes of at least 4 members (excludes halogenated alkanes) is 1. The molecule has 2 aliphatic rings. The largest absolute Gasteiger partial charge is 0.463 e. The standard InChI is InChI=1S/C32H43NO7/c1-4-22-9-11-23(12-10-22)24-13-15-25(16-14-24)31(36)40-28-18-17-26(33-29(34)5-2)21-27(28)32(37)39-20-8-7-19-38-30(35)6-3/h5-6,17-18,21-25H,2-4,7-16,19-20H2,1H3,(H,33,34)/t22?,23?,24-,25-. The molecule has 40 heavy (non-hydrogen) atoms. The SMILES string of the molecule is C=CC(=O)Nc1ccc(OC(=O)[C@H]2CC[C@H](C3CCC(CC)CC3)CC2)c(C(=O)OCCCCOC(=O)C=C)c1. The van der Waals surface area contributed by atoms with E-state index in [1.54, 1.807) is 6.07 Å². The van der Waals surface area contributed by atoms with Crippen LogP contribution >= 0.6 is 0 Å². The van der Waals surface area contributed by atoms with Gasteiger partial charge in [-0.2, -0.15) is 0 Å². The highest BCUT2D eigenvalue weighted by atomic mass is 16.6. The number of benzene rings is 1. The van der Waals surface area contributed by atoms with Crippen molar-refractivity contribution in [2.24, 2.45) is 23.7 Å². The molecular formula is C32H43NO7. The maximum absolute atomic E-state index is 13.1. The first-order valence-electron chi connectivity index (χ1n) is 14.6. The summed E-state index contributed by atoms with van der Waals surface area (Å²) in [4.78, 5) is 48.9. The Kier molecular flexibility index (Phi) is 12.4. The summed E-state index contributed by atoms with van der Waals surface area (Å²) in [5.74, 6) is 0.279. The van der Waals surface area contributed by atoms with Gasteiger partial charge in [0.05, 0.1) is 19.1 Å². The zero-order chi connectivity index (χ0) is 28.9. The Morgan fingerprint density at radius 2 is 1.50 bits per heavy atom. The van der Waals surface area contributed by atoms with E-state index in [2.05, 4.69) is 25.4 Å². The second kappa shape index (κ2) is 16.0. The lowest BCUT2D eigenvalue weighted by molar-refractivity contribution is -0.140. The minimum absolute atomic E-state index is 0.0506. The van der Waals surface area contributed by atoms with Crippen LogP contribution < -0.4 is 10.1 Å². The molecule has 1 aromatic rings. The van der Waals surface area contributed by atoms with Gasteiger partial charge in [0.1, 0.15) is 11.3 Å². The van der Waals surface area contributed by atoms with Gasteiger partial charge in [0.25, 0.3) is 0 Å². The van der Waals surface area contributed by atoms with Crippen molar-refractivity contribution in [1.82, 2.24) is 0 Å². The highest BCUT2D eigenvalue weighted by Gasteiger charge is 2.34. The minimum atomic E-state index is -0.674. The Bertz CT molecular complexity index is 1050. The Morgan fingerprint density at radius 1 is 0.875 bits per heavy atom. The number of ether oxygens (including phenoxy) is 3. The zero-order valence-corrected chi connectivity index (χ0v) is 23.7. The van der Waals surface area contributed by atoms with Crippen LogP contribution in [0.15, 0.2) is 43.5 Å². The third-order valence-corrected chi connectivity index (χ3v) is 8.29. The van der Waals surface area contributed by atoms with Crippen molar-refractivity contribution in [1.29, 1.82) is 0 Å². The van der Waals surface area contributed by atoms with Crippen molar-refractivity contribution in [2.75, 3.05) is 18.5 Å². The van der Waals surface area contributed by atoms with E-state index >= 15 is 0 Å². The number of rotatable bonds is 13. The molecule has 2 saturated carbocycles. The molecule has 0 spiro atoms. The van der Waals surface area contributed by atoms with Crippen LogP contribution in [0.5, 0.6) is 5.75 Å². The average molecular weight is 554 g/mol. The van der Waals surface area contributed by atoms with E-state index in [9.17, 15) is 19.2 Å². The summed E-state index contributed by atoms with van der Waals surface area (Å²) in [7, 11) is 0. The van der Waals surface area contributed by atoms with Gasteiger partial charge in [0, 0.05) is 11.8 Å². The molecule has 218 valence electrons. The van der Waals surface area contributed by atoms with Crippen LogP contribution in [-0.2, 0) is 23.9 Å². The highest BCUT2D eigenvalue weighted by molar-refractivity contribution is 6.01. The second-order valence-electron chi connectivity index (χ2n) is 10.8. The van der Waals surface area contributed by atoms with Gasteiger partial charge in [-0.1, -0.05) is 39.3 Å². The number of anilines is 1. The van der Waals surface area contributed by atoms with E-state index in [1.807, 2.05) is 0 Å². The first-order valence-corrected chi connectivity index (χ1v) is 14.6. The molecular weight excluding hydrogens is 510 g/mol. The van der Waals surface area contributed by atoms with Crippen molar-refractivity contribution in [3.8, 4) is 5.75 Å². The van der Waals surface area contributed by atoms with Crippen LogP contribution in [0.2, 0.25) is 0 Å². The van der Waals surface area contributed by atoms with E-state index < -0.39 is 17.8 Å². The number of carbonyl (C=O) groups excluding carboxylic acids is 4. The molecule has 0 bridgehead atoms. The molecule has 0 radical (unpaired) electrons. The van der Waals surface area contributed by atoms with E-state index in [-0.39, 0.29) is 36.4 Å². The summed E-state index contributed by atoms with van der Waals surface area (Å²) < 4.78 is 16.0. The summed E-state index contributed by atoms with van der Waals surface area (Å²) in [6.07, 6.45) is 13.4. The Morgan fingerprint density at radius 3 is 2.10 bits per heavy atom. The first-order chi connectivity index (χ1) is 19.3. The van der Waals surface area contributed by atoms with Crippen molar-refractivity contribution in [3.63, 3.8) is 0 Å². The van der Waals surface area contributed by atoms with Crippen LogP contribution in [0.3, 0.4) is 0 Å². The Hall–Kier alpha value is -3.42. The molecule has 1 aromatic carbocycles.